The van der Waals surface area contributed by atoms with Gasteiger partial charge in [-0.1, -0.05) is 38.5 Å². The molecular weight excluding hydrogens is 181 g/mol. The van der Waals surface area contributed by atoms with Crippen molar-refractivity contribution in [3.63, 3.8) is 0 Å². The summed E-state index contributed by atoms with van der Waals surface area (Å²) in [5.74, 6) is 0. The molecule has 0 heterocycles. The minimum atomic E-state index is 0. The first kappa shape index (κ1) is 17.4. The van der Waals surface area contributed by atoms with Crippen LogP contribution in [0.15, 0.2) is 0 Å². The van der Waals surface area contributed by atoms with E-state index in [1.165, 1.54) is 38.5 Å². The molecule has 0 aromatic carbocycles. The second kappa shape index (κ2) is 10.5. The van der Waals surface area contributed by atoms with E-state index >= 15 is 0 Å². The van der Waals surface area contributed by atoms with Gasteiger partial charge in [0.15, 0.2) is 0 Å². The van der Waals surface area contributed by atoms with E-state index in [0.717, 1.165) is 12.8 Å². The Hall–Kier alpha value is 0.960. The van der Waals surface area contributed by atoms with Gasteiger partial charge in [-0.3, -0.25) is 0 Å². The molecule has 1 nitrogen and oxygen atoms in total. The quantitative estimate of drug-likeness (QED) is 0.354. The molecule has 0 fully saturated rings. The van der Waals surface area contributed by atoms with Crippen LogP contribution >= 0.6 is 0 Å². The molecule has 0 aliphatic carbocycles. The molecule has 0 aliphatic heterocycles. The molecule has 0 saturated carbocycles. The third kappa shape index (κ3) is 15.4. The summed E-state index contributed by atoms with van der Waals surface area (Å²) in [7, 11) is 0. The SMILES string of the molecule is [CH2-]CCCCCCCCC(C)(C)N.[Na+]. The topological polar surface area (TPSA) is 26.0 Å². The summed E-state index contributed by atoms with van der Waals surface area (Å²) in [5, 5.41) is 0. The number of nitrogens with two attached hydrogens (primary N) is 1. The molecule has 0 aromatic heterocycles. The van der Waals surface area contributed by atoms with Crippen LogP contribution in [0.2, 0.25) is 0 Å². The first-order chi connectivity index (χ1) is 6.06. The molecule has 0 aromatic rings. The maximum absolute atomic E-state index is 5.89. The molecule has 0 rings (SSSR count). The molecule has 0 unspecified atom stereocenters. The Balaban J connectivity index is 0. The summed E-state index contributed by atoms with van der Waals surface area (Å²) in [4.78, 5) is 0. The molecular formula is C12H26NNa. The molecule has 0 radical (unpaired) electrons. The van der Waals surface area contributed by atoms with Gasteiger partial charge in [-0.25, -0.2) is 0 Å². The number of rotatable bonds is 8. The van der Waals surface area contributed by atoms with Gasteiger partial charge in [-0.05, 0) is 20.3 Å². The third-order valence-electron chi connectivity index (χ3n) is 2.32. The van der Waals surface area contributed by atoms with Crippen molar-refractivity contribution in [2.24, 2.45) is 5.73 Å². The molecule has 80 valence electrons. The largest absolute Gasteiger partial charge is 1.00 e. The number of hydrogen-bond acceptors (Lipinski definition) is 1. The van der Waals surface area contributed by atoms with Gasteiger partial charge in [-0.2, -0.15) is 6.42 Å². The minimum Gasteiger partial charge on any atom is -0.343 e. The van der Waals surface area contributed by atoms with Crippen LogP contribution in [0.3, 0.4) is 0 Å². The summed E-state index contributed by atoms with van der Waals surface area (Å²) >= 11 is 0. The standard InChI is InChI=1S/C12H26N.Na/c1-4-5-6-7-8-9-10-11-12(2,3)13;/h1,4-11,13H2,2-3H3;/q-1;+1. The van der Waals surface area contributed by atoms with Crippen molar-refractivity contribution in [1.82, 2.24) is 0 Å². The summed E-state index contributed by atoms with van der Waals surface area (Å²) in [6.45, 7) is 8.05. The minimum absolute atomic E-state index is 0. The van der Waals surface area contributed by atoms with Gasteiger partial charge in [0.25, 0.3) is 0 Å². The zero-order chi connectivity index (χ0) is 10.2. The van der Waals surface area contributed by atoms with Gasteiger partial charge < -0.3 is 12.7 Å². The van der Waals surface area contributed by atoms with Crippen LogP contribution in [0.25, 0.3) is 0 Å². The van der Waals surface area contributed by atoms with E-state index < -0.39 is 0 Å². The second-order valence-corrected chi connectivity index (χ2v) is 4.71. The molecule has 0 atom stereocenters. The van der Waals surface area contributed by atoms with E-state index in [-0.39, 0.29) is 35.1 Å². The van der Waals surface area contributed by atoms with Gasteiger partial charge >= 0.3 is 29.6 Å². The Bertz CT molecular complexity index is 107. The summed E-state index contributed by atoms with van der Waals surface area (Å²) in [6.07, 6.45) is 10.3. The molecule has 2 heteroatoms. The normalized spacial score (nSPS) is 11.1. The summed E-state index contributed by atoms with van der Waals surface area (Å²) < 4.78 is 0. The fourth-order valence-corrected chi connectivity index (χ4v) is 1.46. The van der Waals surface area contributed by atoms with Crippen LogP contribution < -0.4 is 35.3 Å². The van der Waals surface area contributed by atoms with Gasteiger partial charge in [0.05, 0.1) is 0 Å². The van der Waals surface area contributed by atoms with Crippen LogP contribution in [-0.4, -0.2) is 5.54 Å². The number of unbranched alkanes of at least 4 members (excludes halogenated alkanes) is 6. The third-order valence-corrected chi connectivity index (χ3v) is 2.32. The van der Waals surface area contributed by atoms with E-state index in [9.17, 15) is 0 Å². The van der Waals surface area contributed by atoms with E-state index in [0.29, 0.717) is 0 Å². The second-order valence-electron chi connectivity index (χ2n) is 4.71. The Kier molecular flexibility index (Phi) is 13.0. The van der Waals surface area contributed by atoms with Crippen molar-refractivity contribution in [1.29, 1.82) is 0 Å². The van der Waals surface area contributed by atoms with Gasteiger partial charge in [-0.15, -0.1) is 0 Å². The van der Waals surface area contributed by atoms with Crippen molar-refractivity contribution >= 4 is 0 Å². The molecule has 0 bridgehead atoms. The molecule has 2 N–H and O–H groups in total. The van der Waals surface area contributed by atoms with Crippen LogP contribution in [-0.2, 0) is 0 Å². The Labute approximate surface area is 113 Å². The van der Waals surface area contributed by atoms with Gasteiger partial charge in [0.2, 0.25) is 0 Å². The average Bonchev–Trinajstić information content (AvgIpc) is 2.01. The molecule has 0 saturated heterocycles. The predicted octanol–water partition coefficient (Wildman–Crippen LogP) is 0.683. The van der Waals surface area contributed by atoms with Crippen LogP contribution in [0.1, 0.15) is 65.2 Å². The zero-order valence-corrected chi connectivity index (χ0v) is 12.4. The van der Waals surface area contributed by atoms with Gasteiger partial charge in [0.1, 0.15) is 0 Å². The molecule has 0 amide bonds. The molecule has 0 spiro atoms. The fourth-order valence-electron chi connectivity index (χ4n) is 1.46. The summed E-state index contributed by atoms with van der Waals surface area (Å²) in [5.41, 5.74) is 5.92. The van der Waals surface area contributed by atoms with Crippen molar-refractivity contribution in [3.05, 3.63) is 6.92 Å². The zero-order valence-electron chi connectivity index (χ0n) is 10.4. The summed E-state index contributed by atoms with van der Waals surface area (Å²) in [6, 6.07) is 0. The van der Waals surface area contributed by atoms with E-state index in [2.05, 4.69) is 20.8 Å². The smallest absolute Gasteiger partial charge is 0.343 e. The van der Waals surface area contributed by atoms with Gasteiger partial charge in [0, 0.05) is 5.54 Å². The van der Waals surface area contributed by atoms with Crippen molar-refractivity contribution in [3.8, 4) is 0 Å². The Morgan fingerprint density at radius 3 is 1.79 bits per heavy atom. The van der Waals surface area contributed by atoms with E-state index in [1.54, 1.807) is 0 Å². The molecule has 0 aliphatic rings. The van der Waals surface area contributed by atoms with Crippen molar-refractivity contribution in [2.75, 3.05) is 0 Å². The Morgan fingerprint density at radius 1 is 0.929 bits per heavy atom. The number of hydrogen-bond donors (Lipinski definition) is 1. The van der Waals surface area contributed by atoms with Crippen molar-refractivity contribution < 1.29 is 29.6 Å². The monoisotopic (exact) mass is 207 g/mol. The first-order valence-electron chi connectivity index (χ1n) is 5.64. The predicted molar refractivity (Wildman–Crippen MR) is 60.6 cm³/mol. The fraction of sp³-hybridized carbons (Fsp3) is 0.917. The maximum Gasteiger partial charge on any atom is 1.00 e. The Morgan fingerprint density at radius 2 is 1.36 bits per heavy atom. The first-order valence-corrected chi connectivity index (χ1v) is 5.64. The van der Waals surface area contributed by atoms with Crippen LogP contribution in [0, 0.1) is 6.92 Å². The van der Waals surface area contributed by atoms with E-state index in [4.69, 9.17) is 5.73 Å². The molecule has 14 heavy (non-hydrogen) atoms. The van der Waals surface area contributed by atoms with E-state index in [1.807, 2.05) is 0 Å². The van der Waals surface area contributed by atoms with Crippen molar-refractivity contribution in [2.45, 2.75) is 70.8 Å². The van der Waals surface area contributed by atoms with Crippen LogP contribution in [0.5, 0.6) is 0 Å². The maximum atomic E-state index is 5.89. The average molecular weight is 207 g/mol. The van der Waals surface area contributed by atoms with Crippen LogP contribution in [0.4, 0.5) is 0 Å².